The molecule has 2 N–H and O–H groups in total. The van der Waals surface area contributed by atoms with Crippen molar-refractivity contribution < 1.29 is 19.1 Å². The summed E-state index contributed by atoms with van der Waals surface area (Å²) >= 11 is 0. The van der Waals surface area contributed by atoms with Gasteiger partial charge in [0.1, 0.15) is 11.5 Å². The Morgan fingerprint density at radius 2 is 1.54 bits per heavy atom. The molecule has 0 aliphatic heterocycles. The SMILES string of the molecule is COc1ccccc1/C=N/NC(=O)C(=O)Nc1ccccc1OC. The fraction of sp³-hybridized carbons (Fsp3) is 0.118. The zero-order valence-corrected chi connectivity index (χ0v) is 13.3. The van der Waals surface area contributed by atoms with Gasteiger partial charge in [0, 0.05) is 5.56 Å². The van der Waals surface area contributed by atoms with E-state index in [2.05, 4.69) is 15.8 Å². The predicted molar refractivity (Wildman–Crippen MR) is 90.4 cm³/mol. The van der Waals surface area contributed by atoms with E-state index >= 15 is 0 Å². The molecule has 0 aromatic heterocycles. The maximum atomic E-state index is 11.9. The van der Waals surface area contributed by atoms with Gasteiger partial charge in [0.05, 0.1) is 26.1 Å². The summed E-state index contributed by atoms with van der Waals surface area (Å²) in [7, 11) is 3.01. The first-order valence-electron chi connectivity index (χ1n) is 7.06. The van der Waals surface area contributed by atoms with Crippen LogP contribution < -0.4 is 20.2 Å². The van der Waals surface area contributed by atoms with Gasteiger partial charge in [0.15, 0.2) is 0 Å². The Balaban J connectivity index is 1.97. The second kappa shape index (κ2) is 8.33. The van der Waals surface area contributed by atoms with E-state index in [0.717, 1.165) is 0 Å². The van der Waals surface area contributed by atoms with Crippen LogP contribution in [0, 0.1) is 0 Å². The number of carbonyl (C=O) groups excluding carboxylic acids is 2. The smallest absolute Gasteiger partial charge is 0.329 e. The number of rotatable bonds is 5. The lowest BCUT2D eigenvalue weighted by Crippen LogP contribution is -2.32. The van der Waals surface area contributed by atoms with E-state index in [1.165, 1.54) is 20.4 Å². The van der Waals surface area contributed by atoms with Gasteiger partial charge in [-0.3, -0.25) is 9.59 Å². The van der Waals surface area contributed by atoms with E-state index in [9.17, 15) is 9.59 Å². The van der Waals surface area contributed by atoms with Crippen LogP contribution >= 0.6 is 0 Å². The molecule has 0 fully saturated rings. The summed E-state index contributed by atoms with van der Waals surface area (Å²) in [4.78, 5) is 23.7. The summed E-state index contributed by atoms with van der Waals surface area (Å²) in [6.07, 6.45) is 1.40. The van der Waals surface area contributed by atoms with E-state index in [0.29, 0.717) is 22.7 Å². The monoisotopic (exact) mass is 327 g/mol. The molecule has 0 aliphatic rings. The van der Waals surface area contributed by atoms with Crippen LogP contribution in [0.15, 0.2) is 53.6 Å². The van der Waals surface area contributed by atoms with Crippen molar-refractivity contribution in [2.45, 2.75) is 0 Å². The molecule has 0 spiro atoms. The molecule has 0 heterocycles. The van der Waals surface area contributed by atoms with Crippen LogP contribution in [0.4, 0.5) is 5.69 Å². The second-order valence-electron chi connectivity index (χ2n) is 4.60. The summed E-state index contributed by atoms with van der Waals surface area (Å²) in [5, 5.41) is 6.22. The molecule has 2 amide bonds. The van der Waals surface area contributed by atoms with Crippen molar-refractivity contribution in [2.24, 2.45) is 5.10 Å². The number of methoxy groups -OCH3 is 2. The number of carbonyl (C=O) groups is 2. The molecule has 24 heavy (non-hydrogen) atoms. The van der Waals surface area contributed by atoms with Crippen LogP contribution in [0.25, 0.3) is 0 Å². The number of amides is 2. The summed E-state index contributed by atoms with van der Waals surface area (Å²) in [5.74, 6) is -0.686. The highest BCUT2D eigenvalue weighted by Crippen LogP contribution is 2.22. The van der Waals surface area contributed by atoms with Crippen LogP contribution in [0.3, 0.4) is 0 Å². The van der Waals surface area contributed by atoms with Gasteiger partial charge in [-0.25, -0.2) is 5.43 Å². The van der Waals surface area contributed by atoms with Gasteiger partial charge < -0.3 is 14.8 Å². The summed E-state index contributed by atoms with van der Waals surface area (Å²) in [5.41, 5.74) is 3.23. The molecule has 2 rings (SSSR count). The topological polar surface area (TPSA) is 89.0 Å². The van der Waals surface area contributed by atoms with E-state index in [1.807, 2.05) is 6.07 Å². The number of para-hydroxylation sites is 3. The third-order valence-electron chi connectivity index (χ3n) is 3.07. The maximum absolute atomic E-state index is 11.9. The minimum Gasteiger partial charge on any atom is -0.496 e. The number of anilines is 1. The van der Waals surface area contributed by atoms with Crippen molar-refractivity contribution in [3.63, 3.8) is 0 Å². The minimum atomic E-state index is -0.896. The van der Waals surface area contributed by atoms with Crippen molar-refractivity contribution in [1.82, 2.24) is 5.43 Å². The lowest BCUT2D eigenvalue weighted by Gasteiger charge is -2.08. The van der Waals surface area contributed by atoms with Gasteiger partial charge in [-0.05, 0) is 24.3 Å². The number of benzene rings is 2. The number of nitrogens with one attached hydrogen (secondary N) is 2. The molecule has 7 nitrogen and oxygen atoms in total. The van der Waals surface area contributed by atoms with Crippen molar-refractivity contribution in [1.29, 1.82) is 0 Å². The standard InChI is InChI=1S/C17H17N3O4/c1-23-14-9-5-3-7-12(14)11-18-20-17(22)16(21)19-13-8-4-6-10-15(13)24-2/h3-11H,1-2H3,(H,19,21)(H,20,22)/b18-11+. The van der Waals surface area contributed by atoms with Crippen molar-refractivity contribution in [2.75, 3.05) is 19.5 Å². The van der Waals surface area contributed by atoms with Crippen LogP contribution in [-0.2, 0) is 9.59 Å². The first-order valence-corrected chi connectivity index (χ1v) is 7.06. The number of hydrogen-bond acceptors (Lipinski definition) is 5. The molecule has 0 saturated carbocycles. The zero-order valence-electron chi connectivity index (χ0n) is 13.3. The highest BCUT2D eigenvalue weighted by atomic mass is 16.5. The summed E-state index contributed by atoms with van der Waals surface area (Å²) < 4.78 is 10.3. The Morgan fingerprint density at radius 1 is 0.917 bits per heavy atom. The average molecular weight is 327 g/mol. The molecule has 0 saturated heterocycles. The Morgan fingerprint density at radius 3 is 2.25 bits per heavy atom. The first kappa shape index (κ1) is 17.0. The van der Waals surface area contributed by atoms with Gasteiger partial charge in [0.2, 0.25) is 0 Å². The molecular weight excluding hydrogens is 310 g/mol. The maximum Gasteiger partial charge on any atom is 0.329 e. The third-order valence-corrected chi connectivity index (χ3v) is 3.07. The largest absolute Gasteiger partial charge is 0.496 e. The Hall–Kier alpha value is -3.35. The van der Waals surface area contributed by atoms with Crippen molar-refractivity contribution in [3.05, 3.63) is 54.1 Å². The molecule has 2 aromatic rings. The molecule has 0 bridgehead atoms. The second-order valence-corrected chi connectivity index (χ2v) is 4.60. The van der Waals surface area contributed by atoms with E-state index < -0.39 is 11.8 Å². The molecule has 0 unspecified atom stereocenters. The van der Waals surface area contributed by atoms with Crippen LogP contribution in [-0.4, -0.2) is 32.2 Å². The molecule has 0 radical (unpaired) electrons. The lowest BCUT2D eigenvalue weighted by atomic mass is 10.2. The minimum absolute atomic E-state index is 0.397. The number of hydrogen-bond donors (Lipinski definition) is 2. The summed E-state index contributed by atoms with van der Waals surface area (Å²) in [6.45, 7) is 0. The zero-order chi connectivity index (χ0) is 17.4. The number of ether oxygens (including phenoxy) is 2. The van der Waals surface area contributed by atoms with E-state index in [4.69, 9.17) is 9.47 Å². The van der Waals surface area contributed by atoms with Crippen molar-refractivity contribution in [3.8, 4) is 11.5 Å². The number of nitrogens with zero attached hydrogens (tertiary/aromatic N) is 1. The quantitative estimate of drug-likeness (QED) is 0.498. The molecule has 2 aromatic carbocycles. The molecule has 0 atom stereocenters. The summed E-state index contributed by atoms with van der Waals surface area (Å²) in [6, 6.07) is 13.9. The Bertz CT molecular complexity index is 759. The van der Waals surface area contributed by atoms with Gasteiger partial charge in [0.25, 0.3) is 0 Å². The van der Waals surface area contributed by atoms with Gasteiger partial charge >= 0.3 is 11.8 Å². The normalized spacial score (nSPS) is 10.2. The van der Waals surface area contributed by atoms with Crippen molar-refractivity contribution >= 4 is 23.7 Å². The predicted octanol–water partition coefficient (Wildman–Crippen LogP) is 1.79. The van der Waals surface area contributed by atoms with Crippen LogP contribution in [0.1, 0.15) is 5.56 Å². The fourth-order valence-electron chi connectivity index (χ4n) is 1.91. The highest BCUT2D eigenvalue weighted by Gasteiger charge is 2.14. The number of hydrazone groups is 1. The van der Waals surface area contributed by atoms with Gasteiger partial charge in [-0.15, -0.1) is 0 Å². The molecule has 7 heteroatoms. The van der Waals surface area contributed by atoms with E-state index in [-0.39, 0.29) is 0 Å². The lowest BCUT2D eigenvalue weighted by molar-refractivity contribution is -0.136. The highest BCUT2D eigenvalue weighted by molar-refractivity contribution is 6.39. The van der Waals surface area contributed by atoms with Crippen LogP contribution in [0.2, 0.25) is 0 Å². The molecular formula is C17H17N3O4. The third kappa shape index (κ3) is 4.33. The van der Waals surface area contributed by atoms with Crippen LogP contribution in [0.5, 0.6) is 11.5 Å². The van der Waals surface area contributed by atoms with Gasteiger partial charge in [-0.2, -0.15) is 5.10 Å². The average Bonchev–Trinajstić information content (AvgIpc) is 2.62. The molecule has 124 valence electrons. The Kier molecular flexibility index (Phi) is 5.90. The first-order chi connectivity index (χ1) is 11.7. The van der Waals surface area contributed by atoms with Gasteiger partial charge in [-0.1, -0.05) is 24.3 Å². The molecule has 0 aliphatic carbocycles. The van der Waals surface area contributed by atoms with E-state index in [1.54, 1.807) is 42.5 Å². The fourth-order valence-corrected chi connectivity index (χ4v) is 1.91. The Labute approximate surface area is 139 Å².